The Bertz CT molecular complexity index is 988. The average molecular weight is 587 g/mol. The Kier molecular flexibility index (Phi) is 6.71. The van der Waals surface area contributed by atoms with Crippen LogP contribution in [0.25, 0.3) is 10.9 Å². The number of oxime groups is 1. The first-order chi connectivity index (χ1) is 14.5. The van der Waals surface area contributed by atoms with Crippen molar-refractivity contribution >= 4 is 66.0 Å². The Morgan fingerprint density at radius 2 is 2.20 bits per heavy atom. The van der Waals surface area contributed by atoms with Crippen LogP contribution in [-0.2, 0) is 21.0 Å². The molecular formula is C20H20BrIN4O4. The number of nitrogens with zero attached hydrogens (tertiary/aromatic N) is 3. The second-order valence-electron chi connectivity index (χ2n) is 7.24. The zero-order chi connectivity index (χ0) is 21.1. The maximum Gasteiger partial charge on any atom is 0.410 e. The van der Waals surface area contributed by atoms with Gasteiger partial charge in [0.2, 0.25) is 5.91 Å². The van der Waals surface area contributed by atoms with Gasteiger partial charge in [-0.15, -0.1) is 0 Å². The third kappa shape index (κ3) is 5.02. The third-order valence-electron chi connectivity index (χ3n) is 5.00. The quantitative estimate of drug-likeness (QED) is 0.428. The fourth-order valence-electron chi connectivity index (χ4n) is 3.49. The number of ether oxygens (including phenoxy) is 1. The molecule has 1 fully saturated rings. The highest BCUT2D eigenvalue weighted by atomic mass is 127. The van der Waals surface area contributed by atoms with Crippen LogP contribution in [0.1, 0.15) is 18.4 Å². The fourth-order valence-corrected chi connectivity index (χ4v) is 4.85. The highest BCUT2D eigenvalue weighted by Crippen LogP contribution is 2.25. The van der Waals surface area contributed by atoms with E-state index in [2.05, 4.69) is 54.0 Å². The lowest BCUT2D eigenvalue weighted by Crippen LogP contribution is -2.47. The Morgan fingerprint density at radius 3 is 3.00 bits per heavy atom. The van der Waals surface area contributed by atoms with Gasteiger partial charge in [-0.25, -0.2) is 4.79 Å². The van der Waals surface area contributed by atoms with Crippen molar-refractivity contribution in [1.82, 2.24) is 15.2 Å². The molecule has 3 heterocycles. The van der Waals surface area contributed by atoms with Crippen LogP contribution in [0.3, 0.4) is 0 Å². The number of carbonyl (C=O) groups is 2. The summed E-state index contributed by atoms with van der Waals surface area (Å²) in [5, 5.41) is 7.66. The second kappa shape index (κ2) is 9.46. The van der Waals surface area contributed by atoms with Gasteiger partial charge in [-0.1, -0.05) is 45.9 Å². The summed E-state index contributed by atoms with van der Waals surface area (Å²) in [6.07, 6.45) is 2.22. The molecule has 1 N–H and O–H groups in total. The summed E-state index contributed by atoms with van der Waals surface area (Å²) < 4.78 is 6.41. The van der Waals surface area contributed by atoms with Crippen molar-refractivity contribution in [3.05, 3.63) is 42.1 Å². The van der Waals surface area contributed by atoms with E-state index < -0.39 is 12.1 Å². The molecule has 0 saturated carbocycles. The molecule has 8 nitrogen and oxygen atoms in total. The molecular weight excluding hydrogens is 567 g/mol. The van der Waals surface area contributed by atoms with Crippen molar-refractivity contribution < 1.29 is 19.2 Å². The molecule has 0 bridgehead atoms. The number of carbonyl (C=O) groups excluding carboxylic acids is 2. The summed E-state index contributed by atoms with van der Waals surface area (Å²) in [6, 6.07) is 9.16. The number of fused-ring (bicyclic) bond motifs is 1. The maximum atomic E-state index is 12.7. The van der Waals surface area contributed by atoms with Crippen molar-refractivity contribution in [2.24, 2.45) is 5.16 Å². The molecule has 2 amide bonds. The van der Waals surface area contributed by atoms with Gasteiger partial charge in [-0.2, -0.15) is 0 Å². The van der Waals surface area contributed by atoms with Crippen LogP contribution in [0.4, 0.5) is 4.79 Å². The Labute approximate surface area is 195 Å². The molecule has 1 aromatic heterocycles. The number of alkyl halides is 1. The molecule has 3 atom stereocenters. The van der Waals surface area contributed by atoms with E-state index in [1.54, 1.807) is 6.20 Å². The van der Waals surface area contributed by atoms with E-state index >= 15 is 0 Å². The van der Waals surface area contributed by atoms with Gasteiger partial charge in [-0.05, 0) is 34.5 Å². The number of para-hydroxylation sites is 1. The van der Waals surface area contributed by atoms with Crippen LogP contribution < -0.4 is 5.32 Å². The largest absolute Gasteiger partial charge is 0.444 e. The van der Waals surface area contributed by atoms with Crippen LogP contribution >= 0.6 is 38.5 Å². The molecule has 3 unspecified atom stereocenters. The minimum absolute atomic E-state index is 0.106. The lowest BCUT2D eigenvalue weighted by atomic mass is 10.2. The molecule has 2 aliphatic heterocycles. The molecule has 1 saturated heterocycles. The number of hydrogen-bond donors (Lipinski definition) is 1. The number of rotatable bonds is 5. The Balaban J connectivity index is 1.33. The van der Waals surface area contributed by atoms with E-state index in [1.165, 1.54) is 4.90 Å². The smallest absolute Gasteiger partial charge is 0.410 e. The summed E-state index contributed by atoms with van der Waals surface area (Å²) >= 11 is 5.53. The highest BCUT2D eigenvalue weighted by Gasteiger charge is 2.39. The van der Waals surface area contributed by atoms with Crippen molar-refractivity contribution in [3.8, 4) is 0 Å². The van der Waals surface area contributed by atoms with Gasteiger partial charge in [0.05, 0.1) is 12.1 Å². The van der Waals surface area contributed by atoms with Gasteiger partial charge < -0.3 is 14.9 Å². The zero-order valence-corrected chi connectivity index (χ0v) is 19.7. The molecule has 30 heavy (non-hydrogen) atoms. The number of amides is 2. The van der Waals surface area contributed by atoms with E-state index in [1.807, 2.05) is 30.3 Å². The number of halogens is 2. The number of pyridine rings is 1. The van der Waals surface area contributed by atoms with Gasteiger partial charge in [0.25, 0.3) is 0 Å². The van der Waals surface area contributed by atoms with Gasteiger partial charge in [0, 0.05) is 34.0 Å². The van der Waals surface area contributed by atoms with E-state index in [-0.39, 0.29) is 22.5 Å². The minimum Gasteiger partial charge on any atom is -0.444 e. The minimum atomic E-state index is -0.556. The maximum absolute atomic E-state index is 12.7. The molecule has 4 rings (SSSR count). The first-order valence-corrected chi connectivity index (χ1v) is 11.6. The number of hydrogen-bond acceptors (Lipinski definition) is 6. The van der Waals surface area contributed by atoms with Gasteiger partial charge in [0.1, 0.15) is 17.3 Å². The summed E-state index contributed by atoms with van der Waals surface area (Å²) in [5.41, 5.74) is 1.69. The van der Waals surface area contributed by atoms with E-state index in [9.17, 15) is 9.59 Å². The van der Waals surface area contributed by atoms with E-state index in [0.717, 1.165) is 21.1 Å². The highest BCUT2D eigenvalue weighted by molar-refractivity contribution is 14.1. The molecule has 1 aromatic carbocycles. The topological polar surface area (TPSA) is 93.1 Å². The van der Waals surface area contributed by atoms with Crippen LogP contribution in [0.2, 0.25) is 0 Å². The van der Waals surface area contributed by atoms with Gasteiger partial charge >= 0.3 is 6.09 Å². The lowest BCUT2D eigenvalue weighted by molar-refractivity contribution is -0.125. The lowest BCUT2D eigenvalue weighted by Gasteiger charge is -2.23. The normalized spacial score (nSPS) is 23.2. The number of benzene rings is 1. The SMILES string of the molecule is O=C(NCC1CC(Br)=NO1)C1CC(I)CN1C(=O)OCc1cnc2ccccc2c1. The number of likely N-dealkylation sites (tertiary alicyclic amines) is 1. The summed E-state index contributed by atoms with van der Waals surface area (Å²) in [6.45, 7) is 0.919. The van der Waals surface area contributed by atoms with E-state index in [0.29, 0.717) is 25.9 Å². The predicted octanol–water partition coefficient (Wildman–Crippen LogP) is 3.36. The predicted molar refractivity (Wildman–Crippen MR) is 124 cm³/mol. The fraction of sp³-hybridized carbons (Fsp3) is 0.400. The summed E-state index contributed by atoms with van der Waals surface area (Å²) in [5.74, 6) is -0.204. The van der Waals surface area contributed by atoms with Crippen molar-refractivity contribution in [1.29, 1.82) is 0 Å². The molecule has 0 spiro atoms. The molecule has 0 aliphatic carbocycles. The van der Waals surface area contributed by atoms with Crippen molar-refractivity contribution in [2.75, 3.05) is 13.1 Å². The average Bonchev–Trinajstić information content (AvgIpc) is 3.35. The van der Waals surface area contributed by atoms with Crippen LogP contribution in [0.5, 0.6) is 0 Å². The summed E-state index contributed by atoms with van der Waals surface area (Å²) in [4.78, 5) is 36.5. The zero-order valence-electron chi connectivity index (χ0n) is 16.0. The van der Waals surface area contributed by atoms with Crippen LogP contribution in [0.15, 0.2) is 41.7 Å². The molecule has 2 aromatic rings. The molecule has 10 heteroatoms. The number of nitrogens with one attached hydrogen (secondary N) is 1. The second-order valence-corrected chi connectivity index (χ2v) is 9.91. The Morgan fingerprint density at radius 1 is 1.37 bits per heavy atom. The van der Waals surface area contributed by atoms with Crippen LogP contribution in [-0.4, -0.2) is 55.7 Å². The Hall–Kier alpha value is -1.95. The van der Waals surface area contributed by atoms with Crippen molar-refractivity contribution in [3.63, 3.8) is 0 Å². The molecule has 0 radical (unpaired) electrons. The standard InChI is InChI=1S/C20H20BrIN4O4/c21-18-7-15(30-25-18)9-24-19(27)17-6-14(22)10-26(17)20(28)29-11-12-5-13-3-1-2-4-16(13)23-8-12/h1-5,8,14-15,17H,6-7,9-11H2,(H,24,27). The molecule has 2 aliphatic rings. The van der Waals surface area contributed by atoms with Crippen molar-refractivity contribution in [2.45, 2.75) is 35.5 Å². The van der Waals surface area contributed by atoms with E-state index in [4.69, 9.17) is 9.57 Å². The summed E-state index contributed by atoms with van der Waals surface area (Å²) in [7, 11) is 0. The third-order valence-corrected chi connectivity index (χ3v) is 6.37. The molecule has 158 valence electrons. The number of aromatic nitrogens is 1. The monoisotopic (exact) mass is 586 g/mol. The van der Waals surface area contributed by atoms with Gasteiger partial charge in [-0.3, -0.25) is 14.7 Å². The first kappa shape index (κ1) is 21.3. The first-order valence-electron chi connectivity index (χ1n) is 9.56. The van der Waals surface area contributed by atoms with Gasteiger partial charge in [0.15, 0.2) is 6.10 Å². The van der Waals surface area contributed by atoms with Crippen LogP contribution in [0, 0.1) is 0 Å².